The summed E-state index contributed by atoms with van der Waals surface area (Å²) in [5.41, 5.74) is 7.99. The van der Waals surface area contributed by atoms with Crippen molar-refractivity contribution >= 4 is 17.5 Å². The van der Waals surface area contributed by atoms with Gasteiger partial charge >= 0.3 is 6.11 Å². The van der Waals surface area contributed by atoms with Crippen molar-refractivity contribution in [2.24, 2.45) is 21.1 Å². The molecule has 1 aliphatic rings. The highest BCUT2D eigenvalue weighted by Gasteiger charge is 2.26. The number of amidine groups is 2. The molecule has 37 heavy (non-hydrogen) atoms. The monoisotopic (exact) mass is 511 g/mol. The first-order valence-electron chi connectivity index (χ1n) is 12.0. The van der Waals surface area contributed by atoms with Crippen molar-refractivity contribution in [2.45, 2.75) is 53.2 Å². The Bertz CT molecular complexity index is 1270. The maximum Gasteiger partial charge on any atom is 0.394 e. The second-order valence-corrected chi connectivity index (χ2v) is 9.89. The van der Waals surface area contributed by atoms with Crippen LogP contribution in [0.5, 0.6) is 5.75 Å². The number of pyridine rings is 1. The van der Waals surface area contributed by atoms with Crippen LogP contribution in [0.15, 0.2) is 57.1 Å². The topological polar surface area (TPSA) is 115 Å². The summed E-state index contributed by atoms with van der Waals surface area (Å²) in [6.07, 6.45) is 0.813. The highest BCUT2D eigenvalue weighted by Crippen LogP contribution is 2.31. The van der Waals surface area contributed by atoms with Crippen molar-refractivity contribution in [2.75, 3.05) is 18.0 Å². The lowest BCUT2D eigenvalue weighted by molar-refractivity contribution is -0.158. The summed E-state index contributed by atoms with van der Waals surface area (Å²) < 4.78 is 35.7. The lowest BCUT2D eigenvalue weighted by Crippen LogP contribution is -2.37. The molecule has 0 spiro atoms. The molecule has 2 N–H and O–H groups in total. The second kappa shape index (κ2) is 10.6. The van der Waals surface area contributed by atoms with Crippen LogP contribution in [-0.4, -0.2) is 46.0 Å². The van der Waals surface area contributed by atoms with Gasteiger partial charge in [-0.3, -0.25) is 4.99 Å². The quantitative estimate of drug-likeness (QED) is 0.348. The number of nitrogens with two attached hydrogens (primary N) is 1. The highest BCUT2D eigenvalue weighted by molar-refractivity contribution is 6.02. The molecule has 0 amide bonds. The maximum absolute atomic E-state index is 13.0. The second-order valence-electron chi connectivity index (χ2n) is 9.89. The molecule has 1 aromatic carbocycles. The van der Waals surface area contributed by atoms with Gasteiger partial charge in [-0.05, 0) is 67.1 Å². The number of hydrogen-bond donors (Lipinski definition) is 1. The third-order valence-corrected chi connectivity index (χ3v) is 6.08. The van der Waals surface area contributed by atoms with E-state index in [2.05, 4.69) is 54.7 Å². The molecule has 0 unspecified atom stereocenters. The Balaban J connectivity index is 1.38. The molecule has 0 radical (unpaired) electrons. The number of anilines is 1. The van der Waals surface area contributed by atoms with Crippen LogP contribution in [0.4, 0.5) is 14.6 Å². The van der Waals surface area contributed by atoms with Crippen LogP contribution >= 0.6 is 0 Å². The zero-order valence-corrected chi connectivity index (χ0v) is 21.4. The fraction of sp³-hybridized carbons (Fsp3) is 0.423. The van der Waals surface area contributed by atoms with E-state index in [-0.39, 0.29) is 23.3 Å². The summed E-state index contributed by atoms with van der Waals surface area (Å²) in [5, 5.41) is 3.89. The molecular formula is C26H31F2N7O2. The van der Waals surface area contributed by atoms with E-state index in [0.717, 1.165) is 37.3 Å². The van der Waals surface area contributed by atoms with Gasteiger partial charge in [0.15, 0.2) is 5.84 Å². The minimum atomic E-state index is -3.27. The maximum atomic E-state index is 13.0. The van der Waals surface area contributed by atoms with E-state index >= 15 is 0 Å². The smallest absolute Gasteiger partial charge is 0.394 e. The number of piperidine rings is 1. The van der Waals surface area contributed by atoms with Gasteiger partial charge in [0.1, 0.15) is 17.4 Å². The first-order valence-corrected chi connectivity index (χ1v) is 12.0. The minimum Gasteiger partial charge on any atom is -0.433 e. The number of ether oxygens (including phenoxy) is 1. The van der Waals surface area contributed by atoms with Crippen molar-refractivity contribution in [3.63, 3.8) is 0 Å². The molecule has 9 nitrogen and oxygen atoms in total. The van der Waals surface area contributed by atoms with Gasteiger partial charge in [0.25, 0.3) is 5.89 Å². The highest BCUT2D eigenvalue weighted by atomic mass is 19.3. The molecule has 0 aliphatic carbocycles. The van der Waals surface area contributed by atoms with Crippen LogP contribution in [0.25, 0.3) is 11.4 Å². The van der Waals surface area contributed by atoms with E-state index in [4.69, 9.17) is 10.3 Å². The van der Waals surface area contributed by atoms with Gasteiger partial charge in [-0.2, -0.15) is 13.8 Å². The van der Waals surface area contributed by atoms with Gasteiger partial charge in [0.05, 0.1) is 6.54 Å². The summed E-state index contributed by atoms with van der Waals surface area (Å²) in [5.74, 6) is 1.74. The van der Waals surface area contributed by atoms with E-state index in [0.29, 0.717) is 30.3 Å². The molecule has 0 saturated carbocycles. The fourth-order valence-electron chi connectivity index (χ4n) is 3.86. The van der Waals surface area contributed by atoms with Crippen LogP contribution in [0.3, 0.4) is 0 Å². The van der Waals surface area contributed by atoms with E-state index < -0.39 is 6.11 Å². The number of alkyl halides is 2. The molecule has 1 saturated heterocycles. The lowest BCUT2D eigenvalue weighted by atomic mass is 9.83. The Morgan fingerprint density at radius 3 is 2.57 bits per heavy atom. The number of hydrogen-bond acceptors (Lipinski definition) is 7. The number of halogens is 2. The van der Waals surface area contributed by atoms with Gasteiger partial charge in [-0.1, -0.05) is 19.0 Å². The van der Waals surface area contributed by atoms with E-state index in [1.165, 1.54) is 12.1 Å². The van der Waals surface area contributed by atoms with Crippen LogP contribution in [0, 0.1) is 5.41 Å². The van der Waals surface area contributed by atoms with Crippen molar-refractivity contribution in [3.8, 4) is 17.1 Å². The first kappa shape index (κ1) is 26.2. The number of rotatable bonds is 7. The van der Waals surface area contributed by atoms with Crippen LogP contribution in [0.2, 0.25) is 0 Å². The Morgan fingerprint density at radius 1 is 1.19 bits per heavy atom. The lowest BCUT2D eigenvalue weighted by Gasteiger charge is -2.37. The Kier molecular flexibility index (Phi) is 7.51. The van der Waals surface area contributed by atoms with Gasteiger partial charge in [-0.25, -0.2) is 9.98 Å². The van der Waals surface area contributed by atoms with Gasteiger partial charge in [0, 0.05) is 31.8 Å². The molecule has 3 heterocycles. The molecule has 3 aromatic rings. The summed E-state index contributed by atoms with van der Waals surface area (Å²) >= 11 is 0. The molecule has 2 aromatic heterocycles. The Morgan fingerprint density at radius 2 is 1.89 bits per heavy atom. The van der Waals surface area contributed by atoms with Crippen molar-refractivity contribution in [3.05, 3.63) is 54.0 Å². The number of nitrogens with zero attached hydrogens (tertiary/aromatic N) is 6. The van der Waals surface area contributed by atoms with Gasteiger partial charge in [0.2, 0.25) is 5.82 Å². The standard InChI is InChI=1S/C26H31F2N7O2/c1-17(31-16-18-9-12-30-21(15-18)35-13-10-25(2,3)11-14-35)32-22(29)24-33-23(34-37-24)19-5-7-20(8-6-19)36-26(4,27)28/h5-9,12,15H,10-11,13-14,16H2,1-4H3,(H2,29,31,32). The third-order valence-electron chi connectivity index (χ3n) is 6.08. The van der Waals surface area contributed by atoms with Gasteiger partial charge < -0.3 is 19.9 Å². The molecule has 11 heteroatoms. The van der Waals surface area contributed by atoms with Crippen LogP contribution < -0.4 is 15.4 Å². The molecule has 0 bridgehead atoms. The third kappa shape index (κ3) is 7.31. The summed E-state index contributed by atoms with van der Waals surface area (Å²) in [4.78, 5) is 19.9. The van der Waals surface area contributed by atoms with Crippen LogP contribution in [0.1, 0.15) is 52.0 Å². The van der Waals surface area contributed by atoms with Gasteiger partial charge in [-0.15, -0.1) is 0 Å². The normalized spacial score (nSPS) is 16.6. The largest absolute Gasteiger partial charge is 0.433 e. The van der Waals surface area contributed by atoms with E-state index in [1.54, 1.807) is 25.3 Å². The molecular weight excluding hydrogens is 480 g/mol. The Hall–Kier alpha value is -3.89. The molecule has 1 aliphatic heterocycles. The minimum absolute atomic E-state index is 0.0223. The summed E-state index contributed by atoms with van der Waals surface area (Å²) in [6, 6.07) is 9.88. The number of aliphatic imine (C=N–C) groups is 2. The predicted molar refractivity (Wildman–Crippen MR) is 138 cm³/mol. The SMILES string of the molecule is CC(=NCc1ccnc(N2CCC(C)(C)CC2)c1)N=C(N)c1nc(-c2ccc(OC(C)(F)F)cc2)no1. The van der Waals surface area contributed by atoms with E-state index in [9.17, 15) is 8.78 Å². The predicted octanol–water partition coefficient (Wildman–Crippen LogP) is 5.07. The molecule has 1 fully saturated rings. The molecule has 196 valence electrons. The van der Waals surface area contributed by atoms with Crippen molar-refractivity contribution in [1.82, 2.24) is 15.1 Å². The van der Waals surface area contributed by atoms with Crippen molar-refractivity contribution in [1.29, 1.82) is 0 Å². The first-order chi connectivity index (χ1) is 17.5. The zero-order chi connectivity index (χ0) is 26.6. The molecule has 4 rings (SSSR count). The van der Waals surface area contributed by atoms with E-state index in [1.807, 2.05) is 6.07 Å². The van der Waals surface area contributed by atoms with Crippen LogP contribution in [-0.2, 0) is 6.54 Å². The number of benzene rings is 1. The Labute approximate surface area is 214 Å². The summed E-state index contributed by atoms with van der Waals surface area (Å²) in [6.45, 7) is 9.43. The molecule has 0 atom stereocenters. The fourth-order valence-corrected chi connectivity index (χ4v) is 3.86. The zero-order valence-electron chi connectivity index (χ0n) is 21.4. The average molecular weight is 512 g/mol. The average Bonchev–Trinajstić information content (AvgIpc) is 3.33. The summed E-state index contributed by atoms with van der Waals surface area (Å²) in [7, 11) is 0. The van der Waals surface area contributed by atoms with Crippen molar-refractivity contribution < 1.29 is 18.0 Å². The number of aromatic nitrogens is 3.